The van der Waals surface area contributed by atoms with Crippen LogP contribution in [0.15, 0.2) is 24.3 Å². The Labute approximate surface area is 139 Å². The van der Waals surface area contributed by atoms with Gasteiger partial charge in [0.1, 0.15) is 5.69 Å². The molecule has 2 aromatic rings. The van der Waals surface area contributed by atoms with Crippen LogP contribution in [0.2, 0.25) is 0 Å². The predicted molar refractivity (Wildman–Crippen MR) is 78.7 cm³/mol. The monoisotopic (exact) mass is 363 g/mol. The number of rotatable bonds is 2. The maximum absolute atomic E-state index is 13.2. The maximum Gasteiger partial charge on any atom is 0.433 e. The van der Waals surface area contributed by atoms with Gasteiger partial charge in [-0.15, -0.1) is 0 Å². The Kier molecular flexibility index (Phi) is 4.43. The highest BCUT2D eigenvalue weighted by atomic mass is 19.4. The van der Waals surface area contributed by atoms with E-state index in [9.17, 15) is 31.4 Å². The Hall–Kier alpha value is -1.83. The van der Waals surface area contributed by atoms with E-state index in [0.29, 0.717) is 25.0 Å². The van der Waals surface area contributed by atoms with Gasteiger partial charge in [0.05, 0.1) is 17.2 Å². The molecule has 1 unspecified atom stereocenters. The number of hydrogen-bond donors (Lipinski definition) is 1. The summed E-state index contributed by atoms with van der Waals surface area (Å²) in [5.41, 5.74) is -3.59. The van der Waals surface area contributed by atoms with Gasteiger partial charge >= 0.3 is 12.4 Å². The topological polar surface area (TPSA) is 33.1 Å². The predicted octanol–water partition coefficient (Wildman–Crippen LogP) is 5.50. The molecule has 1 aromatic heterocycles. The van der Waals surface area contributed by atoms with E-state index in [2.05, 4.69) is 4.98 Å². The van der Waals surface area contributed by atoms with Crippen LogP contribution in [0.3, 0.4) is 0 Å². The molecule has 0 aliphatic heterocycles. The van der Waals surface area contributed by atoms with Gasteiger partial charge in [-0.3, -0.25) is 0 Å². The molecule has 25 heavy (non-hydrogen) atoms. The van der Waals surface area contributed by atoms with Crippen LogP contribution in [-0.4, -0.2) is 10.1 Å². The number of alkyl halides is 6. The van der Waals surface area contributed by atoms with Crippen molar-refractivity contribution in [1.29, 1.82) is 0 Å². The molecule has 3 rings (SSSR count). The van der Waals surface area contributed by atoms with E-state index in [4.69, 9.17) is 0 Å². The Bertz CT molecular complexity index is 777. The van der Waals surface area contributed by atoms with Crippen LogP contribution in [0.25, 0.3) is 10.9 Å². The van der Waals surface area contributed by atoms with Crippen molar-refractivity contribution in [1.82, 2.24) is 4.98 Å². The summed E-state index contributed by atoms with van der Waals surface area (Å²) < 4.78 is 79.0. The number of pyridine rings is 1. The molecule has 136 valence electrons. The van der Waals surface area contributed by atoms with Crippen molar-refractivity contribution in [3.05, 3.63) is 41.1 Å². The van der Waals surface area contributed by atoms with Gasteiger partial charge in [0.2, 0.25) is 0 Å². The third kappa shape index (κ3) is 3.44. The SMILES string of the molecule is OC(c1cc(C(F)(F)F)nc2c(C(F)(F)F)cccc12)C1CCCC1. The first-order valence-corrected chi connectivity index (χ1v) is 7.85. The molecule has 0 amide bonds. The summed E-state index contributed by atoms with van der Waals surface area (Å²) in [6.45, 7) is 0. The molecular weight excluding hydrogens is 348 g/mol. The fourth-order valence-electron chi connectivity index (χ4n) is 3.42. The number of benzene rings is 1. The summed E-state index contributed by atoms with van der Waals surface area (Å²) in [5, 5.41) is 10.4. The zero-order valence-electron chi connectivity index (χ0n) is 13.0. The Morgan fingerprint density at radius 3 is 2.20 bits per heavy atom. The zero-order chi connectivity index (χ0) is 18.4. The minimum Gasteiger partial charge on any atom is -0.388 e. The average molecular weight is 363 g/mol. The molecule has 8 heteroatoms. The van der Waals surface area contributed by atoms with Crippen molar-refractivity contribution in [2.24, 2.45) is 5.92 Å². The van der Waals surface area contributed by atoms with Gasteiger partial charge in [-0.25, -0.2) is 4.98 Å². The van der Waals surface area contributed by atoms with Crippen LogP contribution in [0.1, 0.15) is 48.6 Å². The fourth-order valence-corrected chi connectivity index (χ4v) is 3.42. The van der Waals surface area contributed by atoms with Crippen LogP contribution in [-0.2, 0) is 12.4 Å². The first-order chi connectivity index (χ1) is 11.6. The molecule has 1 aliphatic carbocycles. The maximum atomic E-state index is 13.2. The number of nitrogens with zero attached hydrogens (tertiary/aromatic N) is 1. The number of halogens is 6. The molecule has 1 saturated carbocycles. The van der Waals surface area contributed by atoms with Gasteiger partial charge in [0, 0.05) is 5.39 Å². The van der Waals surface area contributed by atoms with E-state index < -0.39 is 35.2 Å². The van der Waals surface area contributed by atoms with Crippen molar-refractivity contribution >= 4 is 10.9 Å². The molecule has 1 aliphatic rings. The summed E-state index contributed by atoms with van der Waals surface area (Å²) in [7, 11) is 0. The quantitative estimate of drug-likeness (QED) is 0.715. The van der Waals surface area contributed by atoms with Crippen LogP contribution >= 0.6 is 0 Å². The highest BCUT2D eigenvalue weighted by Gasteiger charge is 2.38. The molecule has 1 fully saturated rings. The van der Waals surface area contributed by atoms with Crippen LogP contribution in [0.5, 0.6) is 0 Å². The van der Waals surface area contributed by atoms with Crippen molar-refractivity contribution < 1.29 is 31.4 Å². The second-order valence-corrected chi connectivity index (χ2v) is 6.28. The van der Waals surface area contributed by atoms with Crippen molar-refractivity contribution in [3.8, 4) is 0 Å². The van der Waals surface area contributed by atoms with Gasteiger partial charge in [0.25, 0.3) is 0 Å². The van der Waals surface area contributed by atoms with Crippen LogP contribution in [0.4, 0.5) is 26.3 Å². The summed E-state index contributed by atoms with van der Waals surface area (Å²) in [6.07, 6.45) is -8.06. The summed E-state index contributed by atoms with van der Waals surface area (Å²) >= 11 is 0. The van der Waals surface area contributed by atoms with E-state index in [1.807, 2.05) is 0 Å². The third-order valence-corrected chi connectivity index (χ3v) is 4.63. The number of aliphatic hydroxyl groups is 1. The number of aromatic nitrogens is 1. The van der Waals surface area contributed by atoms with Crippen molar-refractivity contribution in [3.63, 3.8) is 0 Å². The molecule has 1 heterocycles. The second-order valence-electron chi connectivity index (χ2n) is 6.28. The average Bonchev–Trinajstić information content (AvgIpc) is 3.05. The lowest BCUT2D eigenvalue weighted by Crippen LogP contribution is -2.16. The number of para-hydroxylation sites is 1. The molecule has 1 N–H and O–H groups in total. The normalized spacial score (nSPS) is 18.0. The number of aliphatic hydroxyl groups excluding tert-OH is 1. The summed E-state index contributed by atoms with van der Waals surface area (Å²) in [6, 6.07) is 3.75. The largest absolute Gasteiger partial charge is 0.433 e. The molecule has 0 bridgehead atoms. The highest BCUT2D eigenvalue weighted by molar-refractivity contribution is 5.86. The zero-order valence-corrected chi connectivity index (χ0v) is 13.0. The van der Waals surface area contributed by atoms with Gasteiger partial charge in [-0.2, -0.15) is 26.3 Å². The number of fused-ring (bicyclic) bond motifs is 1. The van der Waals surface area contributed by atoms with Crippen molar-refractivity contribution in [2.75, 3.05) is 0 Å². The van der Waals surface area contributed by atoms with Gasteiger partial charge < -0.3 is 5.11 Å². The Balaban J connectivity index is 2.27. The standard InChI is InChI=1S/C17H15F6NO/c18-16(19,20)12-7-3-6-10-11(15(25)9-4-1-2-5-9)8-13(17(21,22)23)24-14(10)12/h3,6-9,15,25H,1-2,4-5H2. The highest BCUT2D eigenvalue weighted by Crippen LogP contribution is 2.42. The molecule has 2 nitrogen and oxygen atoms in total. The molecule has 1 atom stereocenters. The molecule has 1 aromatic carbocycles. The number of hydrogen-bond acceptors (Lipinski definition) is 2. The summed E-state index contributed by atoms with van der Waals surface area (Å²) in [4.78, 5) is 3.23. The molecule has 0 radical (unpaired) electrons. The first kappa shape index (κ1) is 18.0. The Morgan fingerprint density at radius 2 is 1.64 bits per heavy atom. The lowest BCUT2D eigenvalue weighted by atomic mass is 9.91. The van der Waals surface area contributed by atoms with E-state index in [-0.39, 0.29) is 16.9 Å². The molecule has 0 saturated heterocycles. The van der Waals surface area contributed by atoms with Crippen LogP contribution in [0, 0.1) is 5.92 Å². The van der Waals surface area contributed by atoms with E-state index >= 15 is 0 Å². The smallest absolute Gasteiger partial charge is 0.388 e. The lowest BCUT2D eigenvalue weighted by Gasteiger charge is -2.22. The minimum atomic E-state index is -4.91. The fraction of sp³-hybridized carbons (Fsp3) is 0.471. The third-order valence-electron chi connectivity index (χ3n) is 4.63. The summed E-state index contributed by atoms with van der Waals surface area (Å²) in [5.74, 6) is -0.263. The second kappa shape index (κ2) is 6.16. The van der Waals surface area contributed by atoms with Gasteiger partial charge in [0.15, 0.2) is 0 Å². The van der Waals surface area contributed by atoms with Crippen molar-refractivity contribution in [2.45, 2.75) is 44.1 Å². The van der Waals surface area contributed by atoms with Gasteiger partial charge in [-0.1, -0.05) is 25.0 Å². The van der Waals surface area contributed by atoms with Crippen LogP contribution < -0.4 is 0 Å². The van der Waals surface area contributed by atoms with E-state index in [1.165, 1.54) is 6.07 Å². The minimum absolute atomic E-state index is 0.0952. The molecular formula is C17H15F6NO. The lowest BCUT2D eigenvalue weighted by molar-refractivity contribution is -0.142. The van der Waals surface area contributed by atoms with E-state index in [0.717, 1.165) is 18.9 Å². The molecule has 0 spiro atoms. The Morgan fingerprint density at radius 1 is 1.00 bits per heavy atom. The first-order valence-electron chi connectivity index (χ1n) is 7.85. The van der Waals surface area contributed by atoms with E-state index in [1.54, 1.807) is 0 Å². The van der Waals surface area contributed by atoms with Gasteiger partial charge in [-0.05, 0) is 36.5 Å².